The number of halogens is 1. The van der Waals surface area contributed by atoms with E-state index in [4.69, 9.17) is 0 Å². The van der Waals surface area contributed by atoms with Crippen LogP contribution in [0.5, 0.6) is 0 Å². The Balaban J connectivity index is 1.90. The number of carboxylic acids is 1. The normalized spacial score (nSPS) is 12.9. The van der Waals surface area contributed by atoms with E-state index < -0.39 is 23.3 Å². The van der Waals surface area contributed by atoms with Crippen molar-refractivity contribution in [3.05, 3.63) is 88.9 Å². The molecule has 0 bridgehead atoms. The zero-order valence-electron chi connectivity index (χ0n) is 14.7. The van der Waals surface area contributed by atoms with Crippen molar-refractivity contribution in [1.82, 2.24) is 0 Å². The molecule has 1 N–H and O–H groups in total. The molecule has 0 aliphatic carbocycles. The predicted molar refractivity (Wildman–Crippen MR) is 113 cm³/mol. The third kappa shape index (κ3) is 4.86. The molecule has 3 aromatic rings. The molecule has 0 amide bonds. The third-order valence-electron chi connectivity index (χ3n) is 4.30. The first-order valence-corrected chi connectivity index (χ1v) is 10.3. The van der Waals surface area contributed by atoms with Crippen molar-refractivity contribution in [2.75, 3.05) is 4.31 Å². The minimum Gasteiger partial charge on any atom is -0.755 e. The van der Waals surface area contributed by atoms with Crippen LogP contribution in [-0.4, -0.2) is 25.9 Å². The van der Waals surface area contributed by atoms with Gasteiger partial charge in [0.05, 0.1) is 0 Å². The van der Waals surface area contributed by atoms with Crippen molar-refractivity contribution in [3.63, 3.8) is 0 Å². The molecule has 0 heterocycles. The van der Waals surface area contributed by atoms with E-state index in [2.05, 4.69) is 15.9 Å². The molecule has 0 aliphatic rings. The Morgan fingerprint density at radius 3 is 2.00 bits per heavy atom. The standard InChI is InChI=1S/C21H18BrNO4S/c22-18-10-6-16(7-11-18)17-8-12-19(13-9-17)23(28(26)27)20(21(24)25)14-15-4-2-1-3-5-15/h1-13,20H,14H2,(H,24,25)(H,26,27)/p-1. The van der Waals surface area contributed by atoms with Gasteiger partial charge in [-0.15, -0.1) is 0 Å². The highest BCUT2D eigenvalue weighted by Crippen LogP contribution is 2.27. The minimum absolute atomic E-state index is 0.0681. The SMILES string of the molecule is O=C(O)C(Cc1ccccc1)N(c1ccc(-c2ccc(Br)cc2)cc1)S(=O)[O-]. The fourth-order valence-electron chi connectivity index (χ4n) is 2.92. The van der Waals surface area contributed by atoms with Gasteiger partial charge in [0.15, 0.2) is 0 Å². The highest BCUT2D eigenvalue weighted by Gasteiger charge is 2.27. The molecule has 0 saturated heterocycles. The van der Waals surface area contributed by atoms with Gasteiger partial charge in [0.25, 0.3) is 0 Å². The topological polar surface area (TPSA) is 80.7 Å². The maximum absolute atomic E-state index is 11.9. The zero-order valence-corrected chi connectivity index (χ0v) is 17.1. The first-order valence-electron chi connectivity index (χ1n) is 8.47. The Morgan fingerprint density at radius 2 is 1.50 bits per heavy atom. The van der Waals surface area contributed by atoms with Gasteiger partial charge < -0.3 is 9.66 Å². The van der Waals surface area contributed by atoms with E-state index in [1.165, 1.54) is 0 Å². The number of hydrogen-bond acceptors (Lipinski definition) is 3. The van der Waals surface area contributed by atoms with Crippen molar-refractivity contribution in [1.29, 1.82) is 0 Å². The molecule has 0 radical (unpaired) electrons. The molecule has 2 unspecified atom stereocenters. The van der Waals surface area contributed by atoms with Gasteiger partial charge in [-0.3, -0.25) is 8.51 Å². The molecule has 0 aliphatic heterocycles. The Hall–Kier alpha value is -2.48. The number of nitrogens with zero attached hydrogens (tertiary/aromatic N) is 1. The van der Waals surface area contributed by atoms with Crippen LogP contribution in [0.25, 0.3) is 11.1 Å². The molecule has 0 aromatic heterocycles. The Kier molecular flexibility index (Phi) is 6.61. The number of aliphatic carboxylic acids is 1. The van der Waals surface area contributed by atoms with Gasteiger partial charge in [0.2, 0.25) is 0 Å². The van der Waals surface area contributed by atoms with E-state index in [-0.39, 0.29) is 6.42 Å². The van der Waals surface area contributed by atoms with Crippen LogP contribution in [0.1, 0.15) is 5.56 Å². The predicted octanol–water partition coefficient (Wildman–Crippen LogP) is 4.41. The van der Waals surface area contributed by atoms with E-state index in [1.54, 1.807) is 48.5 Å². The lowest BCUT2D eigenvalue weighted by molar-refractivity contribution is -0.138. The maximum Gasteiger partial charge on any atom is 0.327 e. The molecule has 0 saturated carbocycles. The smallest absolute Gasteiger partial charge is 0.327 e. The van der Waals surface area contributed by atoms with Crippen molar-refractivity contribution in [2.24, 2.45) is 0 Å². The van der Waals surface area contributed by atoms with Crippen LogP contribution in [0.15, 0.2) is 83.3 Å². The summed E-state index contributed by atoms with van der Waals surface area (Å²) in [4.78, 5) is 11.8. The molecule has 0 spiro atoms. The average Bonchev–Trinajstić information content (AvgIpc) is 2.69. The Morgan fingerprint density at radius 1 is 0.964 bits per heavy atom. The zero-order chi connectivity index (χ0) is 20.1. The van der Waals surface area contributed by atoms with Crippen LogP contribution < -0.4 is 4.31 Å². The molecule has 3 aromatic carbocycles. The summed E-state index contributed by atoms with van der Waals surface area (Å²) < 4.78 is 25.6. The molecule has 144 valence electrons. The van der Waals surface area contributed by atoms with E-state index in [1.807, 2.05) is 30.3 Å². The first-order chi connectivity index (χ1) is 13.5. The maximum atomic E-state index is 11.9. The summed E-state index contributed by atoms with van der Waals surface area (Å²) in [6.45, 7) is 0. The minimum atomic E-state index is -2.74. The summed E-state index contributed by atoms with van der Waals surface area (Å²) >= 11 is 0.654. The number of rotatable bonds is 7. The summed E-state index contributed by atoms with van der Waals surface area (Å²) in [5, 5.41) is 9.65. The largest absolute Gasteiger partial charge is 0.755 e. The fraction of sp³-hybridized carbons (Fsp3) is 0.0952. The number of hydrogen-bond donors (Lipinski definition) is 1. The van der Waals surface area contributed by atoms with Gasteiger partial charge in [-0.2, -0.15) is 0 Å². The van der Waals surface area contributed by atoms with Crippen LogP contribution in [0.3, 0.4) is 0 Å². The van der Waals surface area contributed by atoms with Crippen LogP contribution in [0.2, 0.25) is 0 Å². The molecular formula is C21H17BrNO4S-. The molecular weight excluding hydrogens is 442 g/mol. The lowest BCUT2D eigenvalue weighted by atomic mass is 10.0. The second-order valence-corrected chi connectivity index (χ2v) is 7.88. The molecule has 7 heteroatoms. The van der Waals surface area contributed by atoms with Gasteiger partial charge in [0.1, 0.15) is 6.04 Å². The van der Waals surface area contributed by atoms with Crippen molar-refractivity contribution < 1.29 is 18.7 Å². The summed E-state index contributed by atoms with van der Waals surface area (Å²) in [6, 6.07) is 22.2. The van der Waals surface area contributed by atoms with Gasteiger partial charge >= 0.3 is 5.97 Å². The van der Waals surface area contributed by atoms with Crippen molar-refractivity contribution in [2.45, 2.75) is 12.5 Å². The average molecular weight is 459 g/mol. The van der Waals surface area contributed by atoms with Crippen LogP contribution >= 0.6 is 15.9 Å². The molecule has 5 nitrogen and oxygen atoms in total. The van der Waals surface area contributed by atoms with Gasteiger partial charge in [0, 0.05) is 27.8 Å². The third-order valence-corrected chi connectivity index (χ3v) is 5.62. The van der Waals surface area contributed by atoms with Crippen LogP contribution in [0.4, 0.5) is 5.69 Å². The van der Waals surface area contributed by atoms with E-state index in [0.717, 1.165) is 25.5 Å². The van der Waals surface area contributed by atoms with Crippen molar-refractivity contribution >= 4 is 38.9 Å². The number of benzene rings is 3. The van der Waals surface area contributed by atoms with Crippen molar-refractivity contribution in [3.8, 4) is 11.1 Å². The first kappa shape index (κ1) is 20.3. The lowest BCUT2D eigenvalue weighted by Gasteiger charge is -2.32. The van der Waals surface area contributed by atoms with Crippen LogP contribution in [0, 0.1) is 0 Å². The lowest BCUT2D eigenvalue weighted by Crippen LogP contribution is -2.44. The van der Waals surface area contributed by atoms with E-state index in [0.29, 0.717) is 5.69 Å². The quantitative estimate of drug-likeness (QED) is 0.531. The van der Waals surface area contributed by atoms with Gasteiger partial charge in [-0.1, -0.05) is 70.5 Å². The summed E-state index contributed by atoms with van der Waals surface area (Å²) in [5.41, 5.74) is 2.93. The monoisotopic (exact) mass is 458 g/mol. The summed E-state index contributed by atoms with van der Waals surface area (Å²) in [5.74, 6) is -1.20. The Labute approximate surface area is 174 Å². The van der Waals surface area contributed by atoms with E-state index >= 15 is 0 Å². The highest BCUT2D eigenvalue weighted by atomic mass is 79.9. The Bertz CT molecular complexity index is 962. The molecule has 28 heavy (non-hydrogen) atoms. The summed E-state index contributed by atoms with van der Waals surface area (Å²) in [7, 11) is 0. The summed E-state index contributed by atoms with van der Waals surface area (Å²) in [6.07, 6.45) is 0.0681. The second kappa shape index (κ2) is 9.14. The molecule has 2 atom stereocenters. The number of carbonyl (C=O) groups is 1. The van der Waals surface area contributed by atoms with E-state index in [9.17, 15) is 18.7 Å². The van der Waals surface area contributed by atoms with Crippen LogP contribution in [-0.2, 0) is 22.5 Å². The van der Waals surface area contributed by atoms with Gasteiger partial charge in [-0.05, 0) is 41.0 Å². The number of anilines is 1. The fourth-order valence-corrected chi connectivity index (χ4v) is 3.85. The van der Waals surface area contributed by atoms with Gasteiger partial charge in [-0.25, -0.2) is 4.79 Å². The molecule has 0 fully saturated rings. The molecule has 3 rings (SSSR count). The second-order valence-electron chi connectivity index (χ2n) is 6.14. The number of carboxylic acid groups (broad SMARTS) is 1. The highest BCUT2D eigenvalue weighted by molar-refractivity contribution is 9.10.